The molecule has 0 aliphatic rings. The number of amides is 1. The first-order valence-corrected chi connectivity index (χ1v) is 9.11. The van der Waals surface area contributed by atoms with E-state index in [1.54, 1.807) is 13.8 Å². The van der Waals surface area contributed by atoms with Crippen molar-refractivity contribution in [2.24, 2.45) is 0 Å². The first-order valence-electron chi connectivity index (χ1n) is 9.11. The van der Waals surface area contributed by atoms with Crippen LogP contribution in [0.2, 0.25) is 0 Å². The van der Waals surface area contributed by atoms with Gasteiger partial charge in [-0.05, 0) is 17.9 Å². The highest BCUT2D eigenvalue weighted by Crippen LogP contribution is 2.50. The van der Waals surface area contributed by atoms with Gasteiger partial charge in [-0.25, -0.2) is 0 Å². The average molecular weight is 450 g/mol. The minimum Gasteiger partial charge on any atom is -0.369 e. The van der Waals surface area contributed by atoms with E-state index in [0.29, 0.717) is 24.2 Å². The molecule has 170 valence electrons. The lowest BCUT2D eigenvalue weighted by Gasteiger charge is -2.32. The number of halogens is 6. The summed E-state index contributed by atoms with van der Waals surface area (Å²) in [5.74, 6) is -0.764. The highest BCUT2D eigenvalue weighted by molar-refractivity contribution is 5.94. The van der Waals surface area contributed by atoms with Gasteiger partial charge in [-0.2, -0.15) is 26.3 Å². The van der Waals surface area contributed by atoms with E-state index in [1.807, 2.05) is 0 Å². The predicted octanol–water partition coefficient (Wildman–Crippen LogP) is 5.68. The van der Waals surface area contributed by atoms with Gasteiger partial charge in [0.2, 0.25) is 11.8 Å². The molecule has 0 unspecified atom stereocenters. The SMILES string of the molecule is C=CCCC(=O)Nc1onc(C(C)C)c1-c1ccc(C(O)(C(F)(F)F)C(F)(F)F)cc1. The van der Waals surface area contributed by atoms with Gasteiger partial charge in [0.25, 0.3) is 5.60 Å². The summed E-state index contributed by atoms with van der Waals surface area (Å²) in [6.45, 7) is 6.98. The average Bonchev–Trinajstić information content (AvgIpc) is 3.07. The Bertz CT molecular complexity index is 916. The standard InChI is InChI=1S/C20H20F6N2O3/c1-4-5-6-14(29)27-17-15(16(11(2)3)28-31-17)12-7-9-13(10-8-12)18(30,19(21,22)23)20(24,25)26/h4,7-11,30H,1,5-6H2,2-3H3,(H,27,29). The largest absolute Gasteiger partial charge is 0.430 e. The van der Waals surface area contributed by atoms with Gasteiger partial charge in [-0.15, -0.1) is 6.58 Å². The van der Waals surface area contributed by atoms with Gasteiger partial charge >= 0.3 is 12.4 Å². The number of hydrogen-bond donors (Lipinski definition) is 2. The van der Waals surface area contributed by atoms with Crippen LogP contribution in [0.5, 0.6) is 0 Å². The Labute approximate surface area is 173 Å². The van der Waals surface area contributed by atoms with Crippen LogP contribution in [-0.4, -0.2) is 28.5 Å². The van der Waals surface area contributed by atoms with E-state index in [4.69, 9.17) is 4.52 Å². The number of aromatic nitrogens is 1. The van der Waals surface area contributed by atoms with Gasteiger partial charge in [-0.3, -0.25) is 10.1 Å². The Morgan fingerprint density at radius 3 is 2.16 bits per heavy atom. The van der Waals surface area contributed by atoms with Crippen LogP contribution < -0.4 is 5.32 Å². The highest BCUT2D eigenvalue weighted by Gasteiger charge is 2.71. The van der Waals surface area contributed by atoms with Crippen LogP contribution in [-0.2, 0) is 10.4 Å². The van der Waals surface area contributed by atoms with E-state index in [2.05, 4.69) is 17.1 Å². The normalized spacial score (nSPS) is 12.8. The van der Waals surface area contributed by atoms with Crippen LogP contribution in [0.15, 0.2) is 41.4 Å². The minimum absolute atomic E-state index is 0.0871. The van der Waals surface area contributed by atoms with Gasteiger partial charge in [-0.1, -0.05) is 49.3 Å². The summed E-state index contributed by atoms with van der Waals surface area (Å²) in [7, 11) is 0. The number of alkyl halides is 6. The van der Waals surface area contributed by atoms with E-state index in [-0.39, 0.29) is 29.3 Å². The van der Waals surface area contributed by atoms with Crippen molar-refractivity contribution in [2.45, 2.75) is 50.6 Å². The molecule has 1 aromatic carbocycles. The molecule has 0 spiro atoms. The predicted molar refractivity (Wildman–Crippen MR) is 100 cm³/mol. The molecule has 0 saturated heterocycles. The fourth-order valence-corrected chi connectivity index (χ4v) is 2.85. The number of carbonyl (C=O) groups is 1. The molecule has 11 heteroatoms. The molecule has 2 rings (SSSR count). The van der Waals surface area contributed by atoms with E-state index in [0.717, 1.165) is 12.1 Å². The third-order valence-corrected chi connectivity index (χ3v) is 4.51. The van der Waals surface area contributed by atoms with Gasteiger partial charge in [0.15, 0.2) is 0 Å². The second-order valence-corrected chi connectivity index (χ2v) is 7.09. The molecule has 0 fully saturated rings. The molecule has 0 aliphatic heterocycles. The molecule has 5 nitrogen and oxygen atoms in total. The summed E-state index contributed by atoms with van der Waals surface area (Å²) >= 11 is 0. The molecule has 1 aromatic heterocycles. The summed E-state index contributed by atoms with van der Waals surface area (Å²) in [6, 6.07) is 2.98. The number of allylic oxidation sites excluding steroid dienone is 1. The number of rotatable bonds is 7. The summed E-state index contributed by atoms with van der Waals surface area (Å²) in [5.41, 5.74) is -5.71. The molecule has 1 amide bonds. The molecule has 31 heavy (non-hydrogen) atoms. The Kier molecular flexibility index (Phi) is 6.89. The lowest BCUT2D eigenvalue weighted by atomic mass is 9.90. The summed E-state index contributed by atoms with van der Waals surface area (Å²) < 4.78 is 83.7. The highest BCUT2D eigenvalue weighted by atomic mass is 19.4. The van der Waals surface area contributed by atoms with Crippen molar-refractivity contribution in [3.8, 4) is 11.1 Å². The number of nitrogens with zero attached hydrogens (tertiary/aromatic N) is 1. The number of aliphatic hydroxyl groups is 1. The lowest BCUT2D eigenvalue weighted by molar-refractivity contribution is -0.376. The van der Waals surface area contributed by atoms with E-state index >= 15 is 0 Å². The van der Waals surface area contributed by atoms with E-state index in [1.165, 1.54) is 6.08 Å². The summed E-state index contributed by atoms with van der Waals surface area (Å²) in [6.07, 6.45) is -9.98. The maximum Gasteiger partial charge on any atom is 0.430 e. The molecule has 0 saturated carbocycles. The summed E-state index contributed by atoms with van der Waals surface area (Å²) in [4.78, 5) is 12.0. The van der Waals surface area contributed by atoms with Crippen molar-refractivity contribution in [2.75, 3.05) is 5.32 Å². The number of hydrogen-bond acceptors (Lipinski definition) is 4. The second kappa shape index (κ2) is 8.74. The number of nitrogens with one attached hydrogen (secondary N) is 1. The zero-order chi connectivity index (χ0) is 23.6. The Morgan fingerprint density at radius 2 is 1.71 bits per heavy atom. The van der Waals surface area contributed by atoms with Crippen molar-refractivity contribution in [1.29, 1.82) is 0 Å². The molecule has 1 heterocycles. The van der Waals surface area contributed by atoms with Gasteiger partial charge < -0.3 is 9.63 Å². The third kappa shape index (κ3) is 4.76. The van der Waals surface area contributed by atoms with Crippen molar-refractivity contribution in [3.63, 3.8) is 0 Å². The fraction of sp³-hybridized carbons (Fsp3) is 0.400. The van der Waals surface area contributed by atoms with Gasteiger partial charge in [0.05, 0.1) is 11.3 Å². The molecular formula is C20H20F6N2O3. The molecule has 2 aromatic rings. The van der Waals surface area contributed by atoms with Crippen LogP contribution in [0.3, 0.4) is 0 Å². The lowest BCUT2D eigenvalue weighted by Crippen LogP contribution is -2.53. The summed E-state index contributed by atoms with van der Waals surface area (Å²) in [5, 5.41) is 15.9. The molecular weight excluding hydrogens is 430 g/mol. The smallest absolute Gasteiger partial charge is 0.369 e. The molecule has 0 atom stereocenters. The van der Waals surface area contributed by atoms with Gasteiger partial charge in [0.1, 0.15) is 0 Å². The number of carbonyl (C=O) groups excluding carboxylic acids is 1. The van der Waals surface area contributed by atoms with Crippen molar-refractivity contribution in [1.82, 2.24) is 5.16 Å². The van der Waals surface area contributed by atoms with Crippen LogP contribution in [0, 0.1) is 0 Å². The zero-order valence-corrected chi connectivity index (χ0v) is 16.6. The number of benzene rings is 1. The van der Waals surface area contributed by atoms with Crippen LogP contribution >= 0.6 is 0 Å². The zero-order valence-electron chi connectivity index (χ0n) is 16.6. The maximum absolute atomic E-state index is 13.1. The monoisotopic (exact) mass is 450 g/mol. The first kappa shape index (κ1) is 24.4. The minimum atomic E-state index is -5.99. The van der Waals surface area contributed by atoms with E-state index < -0.39 is 29.4 Å². The molecule has 0 bridgehead atoms. The van der Waals surface area contributed by atoms with E-state index in [9.17, 15) is 36.2 Å². The van der Waals surface area contributed by atoms with Gasteiger partial charge in [0, 0.05) is 12.0 Å². The Morgan fingerprint density at radius 1 is 1.16 bits per heavy atom. The first-order chi connectivity index (χ1) is 14.2. The maximum atomic E-state index is 13.1. The Hall–Kier alpha value is -2.82. The molecule has 2 N–H and O–H groups in total. The van der Waals surface area contributed by atoms with Crippen LogP contribution in [0.4, 0.5) is 32.2 Å². The number of anilines is 1. The quantitative estimate of drug-likeness (QED) is 0.420. The van der Waals surface area contributed by atoms with Crippen molar-refractivity contribution >= 4 is 11.8 Å². The topological polar surface area (TPSA) is 75.4 Å². The Balaban J connectivity index is 2.52. The third-order valence-electron chi connectivity index (χ3n) is 4.51. The van der Waals surface area contributed by atoms with Crippen molar-refractivity contribution in [3.05, 3.63) is 48.2 Å². The fourth-order valence-electron chi connectivity index (χ4n) is 2.85. The molecule has 0 radical (unpaired) electrons. The van der Waals surface area contributed by atoms with Crippen LogP contribution in [0.25, 0.3) is 11.1 Å². The molecule has 0 aliphatic carbocycles. The second-order valence-electron chi connectivity index (χ2n) is 7.09. The van der Waals surface area contributed by atoms with Crippen molar-refractivity contribution < 1.29 is 40.8 Å². The van der Waals surface area contributed by atoms with Crippen LogP contribution in [0.1, 0.15) is 43.9 Å².